The van der Waals surface area contributed by atoms with Crippen molar-refractivity contribution in [2.75, 3.05) is 7.11 Å². The van der Waals surface area contributed by atoms with Gasteiger partial charge in [0.05, 0.1) is 7.11 Å². The normalized spacial score (nSPS) is 14.1. The fraction of sp³-hybridized carbons (Fsp3) is 0.385. The first-order valence-corrected chi connectivity index (χ1v) is 10.9. The van der Waals surface area contributed by atoms with Gasteiger partial charge >= 0.3 is 0 Å². The van der Waals surface area contributed by atoms with E-state index in [9.17, 15) is 4.79 Å². The second-order valence-corrected chi connectivity index (χ2v) is 7.95. The van der Waals surface area contributed by atoms with Crippen LogP contribution in [-0.4, -0.2) is 24.0 Å². The van der Waals surface area contributed by atoms with Gasteiger partial charge in [0, 0.05) is 24.5 Å². The van der Waals surface area contributed by atoms with Gasteiger partial charge in [-0.3, -0.25) is 9.78 Å². The molecule has 0 bridgehead atoms. The summed E-state index contributed by atoms with van der Waals surface area (Å²) in [6.07, 6.45) is 13.3. The molecule has 0 unspecified atom stereocenters. The van der Waals surface area contributed by atoms with Gasteiger partial charge in [-0.15, -0.1) is 0 Å². The van der Waals surface area contributed by atoms with E-state index in [-0.39, 0.29) is 11.9 Å². The SMILES string of the molecule is CCCC1=C(/C=C/C(=O)N[C@H](C)CCCc2cccnc2)Cc2cc(OC)ccc21. The highest BCUT2D eigenvalue weighted by molar-refractivity contribution is 5.89. The number of pyridine rings is 1. The second-order valence-electron chi connectivity index (χ2n) is 7.95. The van der Waals surface area contributed by atoms with Crippen LogP contribution in [0.5, 0.6) is 5.75 Å². The van der Waals surface area contributed by atoms with Crippen LogP contribution in [0.4, 0.5) is 0 Å². The fourth-order valence-corrected chi connectivity index (χ4v) is 4.03. The quantitative estimate of drug-likeness (QED) is 0.548. The number of carbonyl (C=O) groups is 1. The molecule has 4 heteroatoms. The van der Waals surface area contributed by atoms with E-state index in [4.69, 9.17) is 4.74 Å². The monoisotopic (exact) mass is 404 g/mol. The van der Waals surface area contributed by atoms with Crippen LogP contribution in [0.1, 0.15) is 56.2 Å². The lowest BCUT2D eigenvalue weighted by atomic mass is 10.0. The number of ether oxygens (including phenoxy) is 1. The van der Waals surface area contributed by atoms with Gasteiger partial charge in [-0.05, 0) is 85.1 Å². The number of benzene rings is 1. The van der Waals surface area contributed by atoms with Gasteiger partial charge in [0.2, 0.25) is 5.91 Å². The molecule has 0 radical (unpaired) electrons. The fourth-order valence-electron chi connectivity index (χ4n) is 4.03. The highest BCUT2D eigenvalue weighted by Crippen LogP contribution is 2.38. The van der Waals surface area contributed by atoms with Gasteiger partial charge in [0.1, 0.15) is 5.75 Å². The maximum absolute atomic E-state index is 12.4. The molecule has 3 rings (SSSR count). The Kier molecular flexibility index (Phi) is 7.83. The number of fused-ring (bicyclic) bond motifs is 1. The summed E-state index contributed by atoms with van der Waals surface area (Å²) in [5, 5.41) is 3.09. The number of amides is 1. The van der Waals surface area contributed by atoms with E-state index in [1.165, 1.54) is 27.8 Å². The number of aromatic nitrogens is 1. The van der Waals surface area contributed by atoms with Crippen LogP contribution in [0.15, 0.2) is 60.5 Å². The Balaban J connectivity index is 1.54. The van der Waals surface area contributed by atoms with Crippen molar-refractivity contribution in [1.82, 2.24) is 10.3 Å². The number of hydrogen-bond acceptors (Lipinski definition) is 3. The van der Waals surface area contributed by atoms with Crippen LogP contribution >= 0.6 is 0 Å². The maximum Gasteiger partial charge on any atom is 0.244 e. The molecule has 30 heavy (non-hydrogen) atoms. The van der Waals surface area contributed by atoms with Gasteiger partial charge in [0.25, 0.3) is 0 Å². The molecule has 1 aliphatic rings. The van der Waals surface area contributed by atoms with Crippen LogP contribution in [0, 0.1) is 0 Å². The van der Waals surface area contributed by atoms with Gasteiger partial charge in [-0.1, -0.05) is 31.6 Å². The van der Waals surface area contributed by atoms with E-state index in [0.717, 1.165) is 44.3 Å². The van der Waals surface area contributed by atoms with E-state index < -0.39 is 0 Å². The molecule has 158 valence electrons. The summed E-state index contributed by atoms with van der Waals surface area (Å²) in [5.74, 6) is 0.855. The van der Waals surface area contributed by atoms with Crippen molar-refractivity contribution in [2.45, 2.75) is 58.4 Å². The molecule has 1 aliphatic carbocycles. The minimum Gasteiger partial charge on any atom is -0.497 e. The van der Waals surface area contributed by atoms with Gasteiger partial charge in [-0.25, -0.2) is 0 Å². The van der Waals surface area contributed by atoms with Crippen LogP contribution in [-0.2, 0) is 17.6 Å². The predicted molar refractivity (Wildman–Crippen MR) is 122 cm³/mol. The summed E-state index contributed by atoms with van der Waals surface area (Å²) < 4.78 is 5.37. The zero-order valence-corrected chi connectivity index (χ0v) is 18.3. The number of allylic oxidation sites excluding steroid dienone is 3. The van der Waals surface area contributed by atoms with E-state index in [1.54, 1.807) is 19.4 Å². The van der Waals surface area contributed by atoms with Crippen LogP contribution < -0.4 is 10.1 Å². The Morgan fingerprint density at radius 2 is 2.17 bits per heavy atom. The largest absolute Gasteiger partial charge is 0.497 e. The van der Waals surface area contributed by atoms with Crippen molar-refractivity contribution < 1.29 is 9.53 Å². The molecule has 1 aromatic carbocycles. The molecular formula is C26H32N2O2. The Bertz CT molecular complexity index is 916. The van der Waals surface area contributed by atoms with Crippen molar-refractivity contribution in [3.05, 3.63) is 77.1 Å². The van der Waals surface area contributed by atoms with Crippen LogP contribution in [0.3, 0.4) is 0 Å². The highest BCUT2D eigenvalue weighted by Gasteiger charge is 2.20. The van der Waals surface area contributed by atoms with Gasteiger partial charge in [0.15, 0.2) is 0 Å². The molecule has 4 nitrogen and oxygen atoms in total. The molecular weight excluding hydrogens is 372 g/mol. The minimum atomic E-state index is -0.0271. The summed E-state index contributed by atoms with van der Waals surface area (Å²) in [7, 11) is 1.69. The lowest BCUT2D eigenvalue weighted by molar-refractivity contribution is -0.117. The molecule has 2 aromatic rings. The molecule has 1 aromatic heterocycles. The third-order valence-corrected chi connectivity index (χ3v) is 5.56. The summed E-state index contributed by atoms with van der Waals surface area (Å²) in [4.78, 5) is 16.6. The molecule has 1 N–H and O–H groups in total. The number of nitrogens with zero attached hydrogens (tertiary/aromatic N) is 1. The summed E-state index contributed by atoms with van der Waals surface area (Å²) >= 11 is 0. The van der Waals surface area contributed by atoms with E-state index >= 15 is 0 Å². The number of hydrogen-bond donors (Lipinski definition) is 1. The van der Waals surface area contributed by atoms with Crippen LogP contribution in [0.25, 0.3) is 5.57 Å². The number of rotatable bonds is 10. The topological polar surface area (TPSA) is 51.2 Å². The first-order valence-electron chi connectivity index (χ1n) is 10.9. The lowest BCUT2D eigenvalue weighted by Gasteiger charge is -2.12. The summed E-state index contributed by atoms with van der Waals surface area (Å²) in [5.41, 5.74) is 6.40. The standard InChI is InChI=1S/C26H32N2O2/c1-4-7-24-21(16-22-17-23(30-3)12-13-25(22)24)11-14-26(29)28-19(2)8-5-9-20-10-6-15-27-18-20/h6,10-15,17-19H,4-5,7-9,16H2,1-3H3,(H,28,29)/b14-11+/t19-/m1/s1. The van der Waals surface area contributed by atoms with Crippen molar-refractivity contribution in [1.29, 1.82) is 0 Å². The third kappa shape index (κ3) is 5.82. The number of nitrogens with one attached hydrogen (secondary N) is 1. The second kappa shape index (κ2) is 10.8. The molecule has 0 spiro atoms. The summed E-state index contributed by atoms with van der Waals surface area (Å²) in [6, 6.07) is 10.5. The van der Waals surface area contributed by atoms with Crippen molar-refractivity contribution in [3.8, 4) is 5.75 Å². The van der Waals surface area contributed by atoms with Crippen molar-refractivity contribution in [3.63, 3.8) is 0 Å². The predicted octanol–water partition coefficient (Wildman–Crippen LogP) is 5.28. The summed E-state index contributed by atoms with van der Waals surface area (Å²) in [6.45, 7) is 4.25. The zero-order chi connectivity index (χ0) is 21.3. The number of carbonyl (C=O) groups excluding carboxylic acids is 1. The van der Waals surface area contributed by atoms with Gasteiger partial charge in [-0.2, -0.15) is 0 Å². The molecule has 0 fully saturated rings. The molecule has 0 saturated carbocycles. The third-order valence-electron chi connectivity index (χ3n) is 5.56. The van der Waals surface area contributed by atoms with E-state index in [1.807, 2.05) is 24.4 Å². The molecule has 0 saturated heterocycles. The molecule has 0 aliphatic heterocycles. The number of methoxy groups -OCH3 is 1. The molecule has 1 amide bonds. The Labute approximate surface area is 180 Å². The van der Waals surface area contributed by atoms with E-state index in [2.05, 4.69) is 42.3 Å². The van der Waals surface area contributed by atoms with Gasteiger partial charge < -0.3 is 10.1 Å². The maximum atomic E-state index is 12.4. The van der Waals surface area contributed by atoms with Crippen molar-refractivity contribution in [2.24, 2.45) is 0 Å². The Morgan fingerprint density at radius 1 is 1.30 bits per heavy atom. The Morgan fingerprint density at radius 3 is 2.90 bits per heavy atom. The average Bonchev–Trinajstić information content (AvgIpc) is 3.10. The molecule has 1 atom stereocenters. The average molecular weight is 405 g/mol. The smallest absolute Gasteiger partial charge is 0.244 e. The minimum absolute atomic E-state index is 0.0271. The first-order chi connectivity index (χ1) is 14.6. The van der Waals surface area contributed by atoms with E-state index in [0.29, 0.717) is 0 Å². The first kappa shape index (κ1) is 21.8. The van der Waals surface area contributed by atoms with Crippen molar-refractivity contribution >= 4 is 11.5 Å². The Hall–Kier alpha value is -2.88. The van der Waals surface area contributed by atoms with Crippen LogP contribution in [0.2, 0.25) is 0 Å². The lowest BCUT2D eigenvalue weighted by Crippen LogP contribution is -2.31. The highest BCUT2D eigenvalue weighted by atomic mass is 16.5. The zero-order valence-electron chi connectivity index (χ0n) is 18.3. The number of aryl methyl sites for hydroxylation is 1. The molecule has 1 heterocycles.